The number of hydrogen-bond donors (Lipinski definition) is 0. The maximum absolute atomic E-state index is 6.06. The molecule has 0 unspecified atom stereocenters. The first kappa shape index (κ1) is 15.4. The van der Waals surface area contributed by atoms with Gasteiger partial charge in [0.2, 0.25) is 0 Å². The minimum absolute atomic E-state index is 0.344. The van der Waals surface area contributed by atoms with Crippen molar-refractivity contribution in [3.63, 3.8) is 0 Å². The Morgan fingerprint density at radius 3 is 2.28 bits per heavy atom. The molecule has 0 fully saturated rings. The number of pyridine rings is 1. The molecule has 1 aromatic rings. The van der Waals surface area contributed by atoms with Crippen molar-refractivity contribution < 1.29 is 4.74 Å². The molecule has 1 aromatic heterocycles. The van der Waals surface area contributed by atoms with Crippen LogP contribution in [-0.4, -0.2) is 21.3 Å². The normalized spacial score (nSPS) is 11.8. The zero-order chi connectivity index (χ0) is 13.5. The fraction of sp³-hybridized carbons (Fsp3) is 0.667. The van der Waals surface area contributed by atoms with Crippen molar-refractivity contribution in [1.82, 2.24) is 4.98 Å². The van der Waals surface area contributed by atoms with Crippen LogP contribution in [0.25, 0.3) is 0 Å². The Kier molecular flexibility index (Phi) is 6.58. The van der Waals surface area contributed by atoms with E-state index in [1.54, 1.807) is 6.20 Å². The minimum Gasteiger partial charge on any atom is -0.373 e. The standard InChI is InChI=1S/C15H24NOSi/c1-11(2)8-14(9-12(3)4)17-10-13-6-5-7-16-15(13)18/h5-7,11-12,14H,8-10H2,1-4H3. The summed E-state index contributed by atoms with van der Waals surface area (Å²) >= 11 is 0. The Balaban J connectivity index is 2.53. The SMILES string of the molecule is CC(C)CC(CC(C)C)OCc1cccnc1[Si]. The van der Waals surface area contributed by atoms with Crippen LogP contribution < -0.4 is 5.32 Å². The third-order valence-corrected chi connectivity index (χ3v) is 3.28. The molecule has 0 saturated carbocycles. The molecule has 0 aromatic carbocycles. The van der Waals surface area contributed by atoms with Crippen LogP contribution in [0.5, 0.6) is 0 Å². The molecule has 0 amide bonds. The van der Waals surface area contributed by atoms with Gasteiger partial charge in [-0.05, 0) is 36.3 Å². The van der Waals surface area contributed by atoms with Crippen molar-refractivity contribution in [2.75, 3.05) is 0 Å². The molecule has 3 radical (unpaired) electrons. The van der Waals surface area contributed by atoms with E-state index in [-0.39, 0.29) is 0 Å². The monoisotopic (exact) mass is 262 g/mol. The van der Waals surface area contributed by atoms with Gasteiger partial charge >= 0.3 is 0 Å². The van der Waals surface area contributed by atoms with Gasteiger partial charge in [-0.2, -0.15) is 0 Å². The van der Waals surface area contributed by atoms with E-state index >= 15 is 0 Å². The smallest absolute Gasteiger partial charge is 0.1000 e. The highest BCUT2D eigenvalue weighted by Gasteiger charge is 2.14. The van der Waals surface area contributed by atoms with E-state index in [9.17, 15) is 0 Å². The maximum atomic E-state index is 6.06. The summed E-state index contributed by atoms with van der Waals surface area (Å²) in [5.74, 6) is 1.34. The van der Waals surface area contributed by atoms with Crippen molar-refractivity contribution in [3.05, 3.63) is 23.9 Å². The Hall–Kier alpha value is -0.673. The predicted molar refractivity (Wildman–Crippen MR) is 77.1 cm³/mol. The average molecular weight is 262 g/mol. The third-order valence-electron chi connectivity index (χ3n) is 2.83. The molecule has 1 rings (SSSR count). The summed E-state index contributed by atoms with van der Waals surface area (Å²) in [6.07, 6.45) is 4.37. The summed E-state index contributed by atoms with van der Waals surface area (Å²) in [5, 5.41) is 0.880. The lowest BCUT2D eigenvalue weighted by atomic mass is 9.98. The molecular weight excluding hydrogens is 238 g/mol. The second-order valence-corrected chi connectivity index (χ2v) is 6.18. The van der Waals surface area contributed by atoms with Crippen molar-refractivity contribution >= 4 is 15.6 Å². The van der Waals surface area contributed by atoms with E-state index in [1.807, 2.05) is 6.07 Å². The topological polar surface area (TPSA) is 22.1 Å². The molecule has 0 N–H and O–H groups in total. The van der Waals surface area contributed by atoms with Crippen LogP contribution in [0.2, 0.25) is 0 Å². The van der Waals surface area contributed by atoms with E-state index in [0.717, 1.165) is 23.7 Å². The van der Waals surface area contributed by atoms with Gasteiger partial charge in [-0.25, -0.2) is 0 Å². The minimum atomic E-state index is 0.344. The second kappa shape index (κ2) is 7.69. The lowest BCUT2D eigenvalue weighted by Gasteiger charge is -2.22. The fourth-order valence-electron chi connectivity index (χ4n) is 2.05. The van der Waals surface area contributed by atoms with E-state index in [2.05, 4.69) is 49.0 Å². The summed E-state index contributed by atoms with van der Waals surface area (Å²) in [6.45, 7) is 9.62. The Labute approximate surface area is 115 Å². The van der Waals surface area contributed by atoms with Crippen LogP contribution in [0, 0.1) is 11.8 Å². The lowest BCUT2D eigenvalue weighted by molar-refractivity contribution is 0.0145. The van der Waals surface area contributed by atoms with Crippen LogP contribution in [0.1, 0.15) is 46.1 Å². The number of ether oxygens (including phenoxy) is 1. The van der Waals surface area contributed by atoms with Crippen LogP contribution in [0.4, 0.5) is 0 Å². The van der Waals surface area contributed by atoms with Gasteiger partial charge in [0.25, 0.3) is 0 Å². The summed E-state index contributed by atoms with van der Waals surface area (Å²) in [6, 6.07) is 4.00. The molecular formula is C15H24NOSi. The van der Waals surface area contributed by atoms with Gasteiger partial charge in [-0.3, -0.25) is 4.98 Å². The number of nitrogens with zero attached hydrogens (tertiary/aromatic N) is 1. The largest absolute Gasteiger partial charge is 0.373 e. The molecule has 0 atom stereocenters. The van der Waals surface area contributed by atoms with Gasteiger partial charge in [-0.15, -0.1) is 0 Å². The quantitative estimate of drug-likeness (QED) is 0.705. The van der Waals surface area contributed by atoms with Gasteiger partial charge in [0.1, 0.15) is 0 Å². The molecule has 0 spiro atoms. The van der Waals surface area contributed by atoms with E-state index < -0.39 is 0 Å². The van der Waals surface area contributed by atoms with Gasteiger partial charge in [0.05, 0.1) is 23.0 Å². The maximum Gasteiger partial charge on any atom is 0.1000 e. The molecule has 0 aliphatic carbocycles. The van der Waals surface area contributed by atoms with Crippen molar-refractivity contribution in [2.45, 2.75) is 53.2 Å². The zero-order valence-corrected chi connectivity index (χ0v) is 12.9. The summed E-state index contributed by atoms with van der Waals surface area (Å²) in [4.78, 5) is 4.21. The summed E-state index contributed by atoms with van der Waals surface area (Å²) in [5.41, 5.74) is 1.12. The Bertz CT molecular complexity index is 342. The van der Waals surface area contributed by atoms with Crippen LogP contribution in [-0.2, 0) is 11.3 Å². The van der Waals surface area contributed by atoms with Gasteiger partial charge in [0, 0.05) is 11.5 Å². The lowest BCUT2D eigenvalue weighted by Crippen LogP contribution is -2.21. The highest BCUT2D eigenvalue weighted by molar-refractivity contribution is 6.31. The van der Waals surface area contributed by atoms with E-state index in [1.165, 1.54) is 0 Å². The van der Waals surface area contributed by atoms with Crippen LogP contribution in [0.3, 0.4) is 0 Å². The van der Waals surface area contributed by atoms with Gasteiger partial charge < -0.3 is 4.74 Å². The first-order valence-corrected chi connectivity index (χ1v) is 7.26. The van der Waals surface area contributed by atoms with Crippen LogP contribution in [0.15, 0.2) is 18.3 Å². The molecule has 0 aliphatic heterocycles. The van der Waals surface area contributed by atoms with E-state index in [4.69, 9.17) is 4.74 Å². The van der Waals surface area contributed by atoms with Crippen LogP contribution >= 0.6 is 0 Å². The summed E-state index contributed by atoms with van der Waals surface area (Å²) < 4.78 is 6.06. The number of aromatic nitrogens is 1. The molecule has 1 heterocycles. The number of hydrogen-bond acceptors (Lipinski definition) is 2. The van der Waals surface area contributed by atoms with E-state index in [0.29, 0.717) is 24.5 Å². The highest BCUT2D eigenvalue weighted by atomic mass is 28.1. The first-order valence-electron chi connectivity index (χ1n) is 6.76. The molecule has 0 aliphatic rings. The summed E-state index contributed by atoms with van der Waals surface area (Å²) in [7, 11) is 3.51. The van der Waals surface area contributed by atoms with Gasteiger partial charge in [-0.1, -0.05) is 33.8 Å². The molecule has 99 valence electrons. The van der Waals surface area contributed by atoms with Crippen molar-refractivity contribution in [1.29, 1.82) is 0 Å². The molecule has 3 heteroatoms. The zero-order valence-electron chi connectivity index (χ0n) is 11.9. The van der Waals surface area contributed by atoms with Gasteiger partial charge in [0.15, 0.2) is 0 Å². The second-order valence-electron chi connectivity index (χ2n) is 5.70. The van der Waals surface area contributed by atoms with Crippen molar-refractivity contribution in [3.8, 4) is 0 Å². The molecule has 0 bridgehead atoms. The Morgan fingerprint density at radius 1 is 1.17 bits per heavy atom. The molecule has 2 nitrogen and oxygen atoms in total. The number of rotatable bonds is 7. The molecule has 18 heavy (non-hydrogen) atoms. The first-order chi connectivity index (χ1) is 8.49. The average Bonchev–Trinajstić information content (AvgIpc) is 2.26. The van der Waals surface area contributed by atoms with Crippen molar-refractivity contribution in [2.24, 2.45) is 11.8 Å². The fourth-order valence-corrected chi connectivity index (χ4v) is 2.28. The highest BCUT2D eigenvalue weighted by Crippen LogP contribution is 2.17. The third kappa shape index (κ3) is 5.78. The molecule has 0 saturated heterocycles. The predicted octanol–water partition coefficient (Wildman–Crippen LogP) is 2.85. The Morgan fingerprint density at radius 2 is 1.78 bits per heavy atom.